The van der Waals surface area contributed by atoms with Gasteiger partial charge in [0.2, 0.25) is 0 Å². The fraction of sp³-hybridized carbons (Fsp3) is 0.0714. The van der Waals surface area contributed by atoms with Crippen molar-refractivity contribution in [1.29, 1.82) is 0 Å². The third-order valence-corrected chi connectivity index (χ3v) is 2.80. The Hall–Kier alpha value is -2.76. The summed E-state index contributed by atoms with van der Waals surface area (Å²) in [6.45, 7) is 1.84. The summed E-state index contributed by atoms with van der Waals surface area (Å²) < 4.78 is 14.6. The van der Waals surface area contributed by atoms with Gasteiger partial charge in [-0.05, 0) is 31.2 Å². The molecule has 0 spiro atoms. The fourth-order valence-corrected chi connectivity index (χ4v) is 1.89. The number of fused-ring (bicyclic) bond motifs is 1. The molecule has 1 amide bonds. The summed E-state index contributed by atoms with van der Waals surface area (Å²) in [5.74, 6) is -0.730. The van der Waals surface area contributed by atoms with Crippen LogP contribution in [0.4, 0.5) is 10.1 Å². The predicted octanol–water partition coefficient (Wildman–Crippen LogP) is 2.43. The molecule has 0 fully saturated rings. The summed E-state index contributed by atoms with van der Waals surface area (Å²) in [4.78, 5) is 20.3. The van der Waals surface area contributed by atoms with E-state index in [0.717, 1.165) is 5.69 Å². The molecule has 0 saturated carbocycles. The summed E-state index contributed by atoms with van der Waals surface area (Å²) in [6.07, 6.45) is 4.38. The summed E-state index contributed by atoms with van der Waals surface area (Å²) >= 11 is 0. The molecule has 6 heteroatoms. The van der Waals surface area contributed by atoms with Crippen molar-refractivity contribution in [3.63, 3.8) is 0 Å². The number of carbonyl (C=O) groups is 1. The van der Waals surface area contributed by atoms with E-state index in [0.29, 0.717) is 11.3 Å². The summed E-state index contributed by atoms with van der Waals surface area (Å²) in [6, 6.07) is 6.27. The molecule has 0 saturated heterocycles. The Balaban J connectivity index is 1.88. The largest absolute Gasteiger partial charge is 0.320 e. The molecule has 5 nitrogen and oxygen atoms in total. The SMILES string of the molecule is Cc1cc(NC(=O)c2cn3cc(F)ccc3n2)ccn1. The van der Waals surface area contributed by atoms with E-state index in [1.165, 1.54) is 28.9 Å². The van der Waals surface area contributed by atoms with E-state index in [1.54, 1.807) is 18.3 Å². The van der Waals surface area contributed by atoms with Gasteiger partial charge in [-0.1, -0.05) is 0 Å². The summed E-state index contributed by atoms with van der Waals surface area (Å²) in [5.41, 5.74) is 2.19. The lowest BCUT2D eigenvalue weighted by Crippen LogP contribution is -2.12. The van der Waals surface area contributed by atoms with E-state index in [4.69, 9.17) is 0 Å². The second kappa shape index (κ2) is 4.73. The minimum Gasteiger partial charge on any atom is -0.320 e. The third-order valence-electron chi connectivity index (χ3n) is 2.80. The van der Waals surface area contributed by atoms with Gasteiger partial charge >= 0.3 is 0 Å². The van der Waals surface area contributed by atoms with Gasteiger partial charge in [0.15, 0.2) is 0 Å². The van der Waals surface area contributed by atoms with Crippen LogP contribution in [-0.2, 0) is 0 Å². The number of imidazole rings is 1. The lowest BCUT2D eigenvalue weighted by atomic mass is 10.3. The van der Waals surface area contributed by atoms with Gasteiger partial charge in [0.1, 0.15) is 17.2 Å². The first-order chi connectivity index (χ1) is 9.61. The normalized spacial score (nSPS) is 10.7. The molecule has 0 aliphatic heterocycles. The average Bonchev–Trinajstić information content (AvgIpc) is 2.81. The van der Waals surface area contributed by atoms with Gasteiger partial charge in [0, 0.05) is 30.0 Å². The van der Waals surface area contributed by atoms with Crippen molar-refractivity contribution >= 4 is 17.2 Å². The van der Waals surface area contributed by atoms with Crippen molar-refractivity contribution < 1.29 is 9.18 Å². The minimum atomic E-state index is -0.383. The first kappa shape index (κ1) is 12.3. The second-order valence-corrected chi connectivity index (χ2v) is 4.38. The number of halogens is 1. The molecule has 0 bridgehead atoms. The maximum absolute atomic E-state index is 13.1. The zero-order chi connectivity index (χ0) is 14.1. The van der Waals surface area contributed by atoms with E-state index in [9.17, 15) is 9.18 Å². The van der Waals surface area contributed by atoms with Crippen LogP contribution < -0.4 is 5.32 Å². The Bertz CT molecular complexity index is 797. The van der Waals surface area contributed by atoms with Crippen molar-refractivity contribution in [2.45, 2.75) is 6.92 Å². The molecule has 100 valence electrons. The maximum Gasteiger partial charge on any atom is 0.275 e. The van der Waals surface area contributed by atoms with Crippen LogP contribution in [-0.4, -0.2) is 20.3 Å². The van der Waals surface area contributed by atoms with Crippen LogP contribution in [0.3, 0.4) is 0 Å². The van der Waals surface area contributed by atoms with Gasteiger partial charge < -0.3 is 9.72 Å². The van der Waals surface area contributed by atoms with E-state index in [-0.39, 0.29) is 17.4 Å². The van der Waals surface area contributed by atoms with Gasteiger partial charge in [-0.15, -0.1) is 0 Å². The highest BCUT2D eigenvalue weighted by atomic mass is 19.1. The lowest BCUT2D eigenvalue weighted by molar-refractivity contribution is 0.102. The summed E-state index contributed by atoms with van der Waals surface area (Å²) in [7, 11) is 0. The first-order valence-electron chi connectivity index (χ1n) is 6.00. The van der Waals surface area contributed by atoms with Crippen molar-refractivity contribution in [3.05, 3.63) is 60.1 Å². The Morgan fingerprint density at radius 3 is 2.95 bits per heavy atom. The molecule has 3 aromatic heterocycles. The monoisotopic (exact) mass is 270 g/mol. The topological polar surface area (TPSA) is 59.3 Å². The molecule has 3 aromatic rings. The highest BCUT2D eigenvalue weighted by Crippen LogP contribution is 2.11. The van der Waals surface area contributed by atoms with Crippen LogP contribution >= 0.6 is 0 Å². The van der Waals surface area contributed by atoms with Crippen molar-refractivity contribution in [2.75, 3.05) is 5.32 Å². The minimum absolute atomic E-state index is 0.227. The number of hydrogen-bond donors (Lipinski definition) is 1. The second-order valence-electron chi connectivity index (χ2n) is 4.38. The highest BCUT2D eigenvalue weighted by Gasteiger charge is 2.11. The number of hydrogen-bond acceptors (Lipinski definition) is 3. The van der Waals surface area contributed by atoms with Crippen LogP contribution in [0.5, 0.6) is 0 Å². The van der Waals surface area contributed by atoms with Crippen LogP contribution in [0.2, 0.25) is 0 Å². The Kier molecular flexibility index (Phi) is 2.90. The zero-order valence-electron chi connectivity index (χ0n) is 10.7. The quantitative estimate of drug-likeness (QED) is 0.778. The number of nitrogens with zero attached hydrogens (tertiary/aromatic N) is 3. The molecule has 0 atom stereocenters. The number of amides is 1. The molecule has 0 aliphatic carbocycles. The van der Waals surface area contributed by atoms with Crippen molar-refractivity contribution in [2.24, 2.45) is 0 Å². The maximum atomic E-state index is 13.1. The molecule has 20 heavy (non-hydrogen) atoms. The van der Waals surface area contributed by atoms with E-state index >= 15 is 0 Å². The molecular formula is C14H11FN4O. The fourth-order valence-electron chi connectivity index (χ4n) is 1.89. The van der Waals surface area contributed by atoms with E-state index in [1.807, 2.05) is 6.92 Å². The predicted molar refractivity (Wildman–Crippen MR) is 72.1 cm³/mol. The zero-order valence-corrected chi connectivity index (χ0v) is 10.7. The molecule has 0 unspecified atom stereocenters. The number of anilines is 1. The van der Waals surface area contributed by atoms with Gasteiger partial charge in [-0.2, -0.15) is 0 Å². The molecule has 3 heterocycles. The van der Waals surface area contributed by atoms with Crippen molar-refractivity contribution in [1.82, 2.24) is 14.4 Å². The number of carbonyl (C=O) groups excluding carboxylic acids is 1. The van der Waals surface area contributed by atoms with Crippen molar-refractivity contribution in [3.8, 4) is 0 Å². The lowest BCUT2D eigenvalue weighted by Gasteiger charge is -2.02. The molecule has 1 N–H and O–H groups in total. The smallest absolute Gasteiger partial charge is 0.275 e. The Labute approximate surface area is 114 Å². The van der Waals surface area contributed by atoms with E-state index in [2.05, 4.69) is 15.3 Å². The Morgan fingerprint density at radius 1 is 1.30 bits per heavy atom. The number of rotatable bonds is 2. The summed E-state index contributed by atoms with van der Waals surface area (Å²) in [5, 5.41) is 2.73. The van der Waals surface area contributed by atoms with Crippen LogP contribution in [0.15, 0.2) is 42.9 Å². The number of nitrogens with one attached hydrogen (secondary N) is 1. The van der Waals surface area contributed by atoms with Gasteiger partial charge in [0.25, 0.3) is 5.91 Å². The number of aromatic nitrogens is 3. The standard InChI is InChI=1S/C14H11FN4O/c1-9-6-11(4-5-16-9)17-14(20)12-8-19-7-10(15)2-3-13(19)18-12/h2-8H,1H3,(H,16,17,20). The highest BCUT2D eigenvalue weighted by molar-refractivity contribution is 6.03. The van der Waals surface area contributed by atoms with Gasteiger partial charge in [-0.25, -0.2) is 9.37 Å². The number of aryl methyl sites for hydroxylation is 1. The number of pyridine rings is 2. The molecule has 3 rings (SSSR count). The molecule has 0 aliphatic rings. The third kappa shape index (κ3) is 2.35. The van der Waals surface area contributed by atoms with E-state index < -0.39 is 0 Å². The average molecular weight is 270 g/mol. The Morgan fingerprint density at radius 2 is 2.15 bits per heavy atom. The van der Waals surface area contributed by atoms with Gasteiger partial charge in [-0.3, -0.25) is 9.78 Å². The molecule has 0 aromatic carbocycles. The van der Waals surface area contributed by atoms with Crippen LogP contribution in [0.25, 0.3) is 5.65 Å². The molecule has 0 radical (unpaired) electrons. The first-order valence-corrected chi connectivity index (χ1v) is 6.00. The van der Waals surface area contributed by atoms with Gasteiger partial charge in [0.05, 0.1) is 0 Å². The van der Waals surface area contributed by atoms with Crippen LogP contribution in [0, 0.1) is 12.7 Å². The molecular weight excluding hydrogens is 259 g/mol. The van der Waals surface area contributed by atoms with Crippen LogP contribution in [0.1, 0.15) is 16.2 Å².